The molecule has 0 spiro atoms. The molecule has 1 aromatic rings. The molecule has 0 aromatic carbocycles. The van der Waals surface area contributed by atoms with Crippen molar-refractivity contribution < 1.29 is 14.9 Å². The van der Waals surface area contributed by atoms with Gasteiger partial charge < -0.3 is 0 Å². The highest BCUT2D eigenvalue weighted by Gasteiger charge is 2.14. The van der Waals surface area contributed by atoms with E-state index in [9.17, 15) is 4.91 Å². The molecule has 0 saturated heterocycles. The highest BCUT2D eigenvalue weighted by atomic mass is 16.7. The van der Waals surface area contributed by atoms with Gasteiger partial charge in [-0.05, 0) is 6.07 Å². The summed E-state index contributed by atoms with van der Waals surface area (Å²) in [5, 5.41) is 8.01. The molecule has 0 bridgehead atoms. The summed E-state index contributed by atoms with van der Waals surface area (Å²) < 4.78 is 1.00. The van der Waals surface area contributed by atoms with Crippen molar-refractivity contribution in [1.29, 1.82) is 0 Å². The molecule has 1 heterocycles. The van der Waals surface area contributed by atoms with Crippen LogP contribution in [0, 0.1) is 4.91 Å². The highest BCUT2D eigenvalue weighted by Crippen LogP contribution is 1.73. The summed E-state index contributed by atoms with van der Waals surface area (Å²) in [6.07, 6.45) is 2.88. The molecule has 1 rings (SSSR count). The number of pyridine rings is 1. The Bertz CT molecular complexity index is 209. The van der Waals surface area contributed by atoms with Crippen molar-refractivity contribution in [3.63, 3.8) is 0 Å². The summed E-state index contributed by atoms with van der Waals surface area (Å²) in [5.74, 6) is 0. The van der Waals surface area contributed by atoms with Crippen LogP contribution in [0.25, 0.3) is 0 Å². The molecule has 0 saturated carbocycles. The molecule has 0 amide bonds. The fraction of sp³-hybridized carbons (Fsp3) is 0. The Kier molecular flexibility index (Phi) is 1.40. The van der Waals surface area contributed by atoms with Gasteiger partial charge in [-0.15, -0.1) is 0 Å². The normalized spacial score (nSPS) is 8.89. The van der Waals surface area contributed by atoms with E-state index < -0.39 is 0 Å². The highest BCUT2D eigenvalue weighted by molar-refractivity contribution is 4.82. The van der Waals surface area contributed by atoms with Crippen molar-refractivity contribution in [3.8, 4) is 0 Å². The largest absolute Gasteiger partial charge is 0.519 e. The van der Waals surface area contributed by atoms with E-state index in [1.807, 2.05) is 0 Å². The van der Waals surface area contributed by atoms with E-state index in [0.717, 1.165) is 4.68 Å². The molecule has 0 aliphatic heterocycles. The monoisotopic (exact) mass is 126 g/mol. The molecule has 0 aliphatic carbocycles. The van der Waals surface area contributed by atoms with E-state index in [1.165, 1.54) is 12.4 Å². The van der Waals surface area contributed by atoms with Gasteiger partial charge in [-0.1, -0.05) is 0 Å². The average Bonchev–Trinajstić information content (AvgIpc) is 1.90. The van der Waals surface area contributed by atoms with Gasteiger partial charge in [0.05, 0.1) is 0 Å². The Labute approximate surface area is 51.5 Å². The zero-order chi connectivity index (χ0) is 6.69. The van der Waals surface area contributed by atoms with Crippen LogP contribution >= 0.6 is 0 Å². The third-order valence-corrected chi connectivity index (χ3v) is 0.897. The molecular formula is C5H6N2O2+2. The third-order valence-electron chi connectivity index (χ3n) is 0.897. The Balaban J connectivity index is 2.98. The van der Waals surface area contributed by atoms with E-state index in [0.29, 0.717) is 0 Å². The Morgan fingerprint density at radius 2 is 1.78 bits per heavy atom. The molecule has 46 valence electrons. The van der Waals surface area contributed by atoms with E-state index >= 15 is 0 Å². The topological polar surface area (TPSA) is 44.2 Å². The van der Waals surface area contributed by atoms with Crippen LogP contribution in [0.5, 0.6) is 0 Å². The third kappa shape index (κ3) is 1.22. The minimum absolute atomic E-state index is 0.250. The standard InChI is InChI=1S/C5H6N2O2/c8-7(9)6-4-2-1-3-5-6/h1-5H,(H,8,9)/q+2. The lowest BCUT2D eigenvalue weighted by Gasteiger charge is -1.71. The average molecular weight is 126 g/mol. The van der Waals surface area contributed by atoms with Gasteiger partial charge in [0.2, 0.25) is 0 Å². The van der Waals surface area contributed by atoms with Gasteiger partial charge in [0.15, 0.2) is 4.91 Å². The van der Waals surface area contributed by atoms with Gasteiger partial charge in [-0.3, -0.25) is 0 Å². The van der Waals surface area contributed by atoms with Crippen molar-refractivity contribution in [2.75, 3.05) is 0 Å². The zero-order valence-corrected chi connectivity index (χ0v) is 4.64. The molecule has 1 aromatic heterocycles. The molecule has 0 radical (unpaired) electrons. The van der Waals surface area contributed by atoms with E-state index in [4.69, 9.17) is 5.21 Å². The van der Waals surface area contributed by atoms with Crippen molar-refractivity contribution in [2.24, 2.45) is 0 Å². The summed E-state index contributed by atoms with van der Waals surface area (Å²) in [7, 11) is 0. The van der Waals surface area contributed by atoms with Crippen molar-refractivity contribution in [1.82, 2.24) is 0 Å². The number of rotatable bonds is 1. The molecule has 0 aliphatic rings. The van der Waals surface area contributed by atoms with Crippen molar-refractivity contribution >= 4 is 0 Å². The van der Waals surface area contributed by atoms with Crippen LogP contribution in [0.15, 0.2) is 30.6 Å². The molecule has 1 N–H and O–H groups in total. The Morgan fingerprint density at radius 3 is 2.11 bits per heavy atom. The maximum atomic E-state index is 10.1. The van der Waals surface area contributed by atoms with Gasteiger partial charge in [-0.2, -0.15) is 5.21 Å². The van der Waals surface area contributed by atoms with Crippen LogP contribution in [-0.4, -0.2) is 10.2 Å². The SMILES string of the molecule is O=[N+](O)[n+]1ccccc1. The van der Waals surface area contributed by atoms with Gasteiger partial charge in [-0.25, -0.2) is 0 Å². The lowest BCUT2D eigenvalue weighted by Crippen LogP contribution is -2.42. The quantitative estimate of drug-likeness (QED) is 0.422. The first kappa shape index (κ1) is 5.68. The summed E-state index contributed by atoms with van der Waals surface area (Å²) in [5.41, 5.74) is 0. The second-order valence-electron chi connectivity index (χ2n) is 1.51. The summed E-state index contributed by atoms with van der Waals surface area (Å²) in [6, 6.07) is 5.03. The molecule has 9 heavy (non-hydrogen) atoms. The van der Waals surface area contributed by atoms with Crippen LogP contribution in [0.1, 0.15) is 0 Å². The molecule has 4 heteroatoms. The molecular weight excluding hydrogens is 120 g/mol. The van der Waals surface area contributed by atoms with Crippen LogP contribution < -0.4 is 4.68 Å². The lowest BCUT2D eigenvalue weighted by atomic mass is 10.5. The smallest absolute Gasteiger partial charge is 0.186 e. The summed E-state index contributed by atoms with van der Waals surface area (Å²) in [4.78, 5) is 10.1. The van der Waals surface area contributed by atoms with Crippen LogP contribution in [0.2, 0.25) is 0 Å². The molecule has 0 fully saturated rings. The minimum atomic E-state index is -0.250. The maximum Gasteiger partial charge on any atom is 0.519 e. The lowest BCUT2D eigenvalue weighted by molar-refractivity contribution is -1.31. The van der Waals surface area contributed by atoms with Gasteiger partial charge in [0.1, 0.15) is 4.68 Å². The zero-order valence-electron chi connectivity index (χ0n) is 4.64. The van der Waals surface area contributed by atoms with E-state index in [2.05, 4.69) is 0 Å². The summed E-state index contributed by atoms with van der Waals surface area (Å²) in [6.45, 7) is 0. The van der Waals surface area contributed by atoms with Crippen molar-refractivity contribution in [2.45, 2.75) is 0 Å². The first-order chi connectivity index (χ1) is 4.30. The fourth-order valence-electron chi connectivity index (χ4n) is 0.504. The first-order valence-electron chi connectivity index (χ1n) is 2.43. The summed E-state index contributed by atoms with van der Waals surface area (Å²) >= 11 is 0. The second kappa shape index (κ2) is 2.21. The van der Waals surface area contributed by atoms with Crippen LogP contribution in [0.3, 0.4) is 0 Å². The van der Waals surface area contributed by atoms with Crippen LogP contribution in [-0.2, 0) is 0 Å². The molecule has 4 nitrogen and oxygen atoms in total. The number of hydrogen-bond donors (Lipinski definition) is 1. The number of hydrogen-bond acceptors (Lipinski definition) is 1. The van der Waals surface area contributed by atoms with E-state index in [-0.39, 0.29) is 5.03 Å². The Hall–Kier alpha value is -1.45. The molecule has 0 atom stereocenters. The van der Waals surface area contributed by atoms with E-state index in [1.54, 1.807) is 18.2 Å². The molecule has 0 unspecified atom stereocenters. The van der Waals surface area contributed by atoms with Crippen LogP contribution in [0.4, 0.5) is 0 Å². The van der Waals surface area contributed by atoms with Gasteiger partial charge in [0.25, 0.3) is 12.4 Å². The van der Waals surface area contributed by atoms with Gasteiger partial charge in [0, 0.05) is 12.1 Å². The second-order valence-corrected chi connectivity index (χ2v) is 1.51. The first-order valence-corrected chi connectivity index (χ1v) is 2.43. The predicted octanol–water partition coefficient (Wildman–Crippen LogP) is -0.0947. The fourth-order valence-corrected chi connectivity index (χ4v) is 0.504. The van der Waals surface area contributed by atoms with Crippen molar-refractivity contribution in [3.05, 3.63) is 35.5 Å². The maximum absolute atomic E-state index is 10.1. The predicted molar refractivity (Wildman–Crippen MR) is 27.4 cm³/mol. The number of aromatic nitrogens is 1. The van der Waals surface area contributed by atoms with Gasteiger partial charge >= 0.3 is 5.03 Å². The number of nitrogens with zero attached hydrogens (tertiary/aromatic N) is 2. The Morgan fingerprint density at radius 1 is 1.22 bits per heavy atom. The minimum Gasteiger partial charge on any atom is -0.186 e.